The number of piperidine rings is 1. The van der Waals surface area contributed by atoms with E-state index in [4.69, 9.17) is 5.73 Å². The van der Waals surface area contributed by atoms with E-state index in [0.717, 1.165) is 25.5 Å². The lowest BCUT2D eigenvalue weighted by molar-refractivity contribution is 0.0583. The summed E-state index contributed by atoms with van der Waals surface area (Å²) in [7, 11) is 0. The topological polar surface area (TPSA) is 59.2 Å². The molecule has 1 aliphatic heterocycles. The van der Waals surface area contributed by atoms with Crippen molar-refractivity contribution in [3.63, 3.8) is 0 Å². The Kier molecular flexibility index (Phi) is 3.91. The molecule has 0 aliphatic carbocycles. The lowest BCUT2D eigenvalue weighted by Gasteiger charge is -2.38. The van der Waals surface area contributed by atoms with Gasteiger partial charge in [-0.05, 0) is 32.3 Å². The maximum atomic E-state index is 13.1. The summed E-state index contributed by atoms with van der Waals surface area (Å²) in [4.78, 5) is 17.8. The van der Waals surface area contributed by atoms with Crippen LogP contribution in [0, 0.1) is 5.82 Å². The molecule has 1 amide bonds. The Morgan fingerprint density at radius 2 is 2.33 bits per heavy atom. The summed E-state index contributed by atoms with van der Waals surface area (Å²) in [5.41, 5.74) is 6.21. The Morgan fingerprint density at radius 3 is 3.00 bits per heavy atom. The molecule has 1 aromatic heterocycles. The average Bonchev–Trinajstić information content (AvgIpc) is 2.38. The minimum absolute atomic E-state index is 0.0366. The maximum Gasteiger partial charge on any atom is 0.255 e. The number of carbonyl (C=O) groups excluding carboxylic acids is 1. The van der Waals surface area contributed by atoms with Gasteiger partial charge in [-0.3, -0.25) is 9.78 Å². The normalized spacial score (nSPS) is 21.7. The second-order valence-corrected chi connectivity index (χ2v) is 4.81. The maximum absolute atomic E-state index is 13.1. The van der Waals surface area contributed by atoms with Gasteiger partial charge < -0.3 is 10.6 Å². The third kappa shape index (κ3) is 2.67. The summed E-state index contributed by atoms with van der Waals surface area (Å²) in [5.74, 6) is -0.667. The highest BCUT2D eigenvalue weighted by molar-refractivity contribution is 5.94. The molecule has 1 fully saturated rings. The Bertz CT molecular complexity index is 436. The zero-order chi connectivity index (χ0) is 13.1. The van der Waals surface area contributed by atoms with Crippen molar-refractivity contribution in [2.45, 2.75) is 38.3 Å². The van der Waals surface area contributed by atoms with Crippen LogP contribution in [0.1, 0.15) is 36.5 Å². The molecule has 2 unspecified atom stereocenters. The van der Waals surface area contributed by atoms with E-state index in [2.05, 4.69) is 4.98 Å². The molecule has 2 atom stereocenters. The lowest BCUT2D eigenvalue weighted by Crippen LogP contribution is -2.51. The van der Waals surface area contributed by atoms with Crippen LogP contribution in [0.4, 0.5) is 4.39 Å². The summed E-state index contributed by atoms with van der Waals surface area (Å²) in [6.45, 7) is 2.58. The Balaban J connectivity index is 2.21. The molecule has 2 rings (SSSR count). The van der Waals surface area contributed by atoms with E-state index in [1.54, 1.807) is 4.90 Å². The summed E-state index contributed by atoms with van der Waals surface area (Å²) in [5, 5.41) is 0. The van der Waals surface area contributed by atoms with Crippen molar-refractivity contribution >= 4 is 5.91 Å². The van der Waals surface area contributed by atoms with Gasteiger partial charge in [0.25, 0.3) is 5.91 Å². The number of halogens is 1. The number of pyridine rings is 1. The predicted molar refractivity (Wildman–Crippen MR) is 66.5 cm³/mol. The molecule has 5 heteroatoms. The molecule has 2 N–H and O–H groups in total. The van der Waals surface area contributed by atoms with Crippen molar-refractivity contribution in [2.24, 2.45) is 5.73 Å². The quantitative estimate of drug-likeness (QED) is 0.867. The molecule has 0 radical (unpaired) electrons. The molecule has 0 bridgehead atoms. The standard InChI is InChI=1S/C13H18FN3O/c1-9(15)12-4-2-3-5-17(12)13(18)10-6-11(14)8-16-7-10/h6-9,12H,2-5,15H2,1H3. The number of hydrogen-bond donors (Lipinski definition) is 1. The van der Waals surface area contributed by atoms with Crippen LogP contribution in [0.5, 0.6) is 0 Å². The van der Waals surface area contributed by atoms with E-state index in [9.17, 15) is 9.18 Å². The molecule has 0 spiro atoms. The molecular formula is C13H18FN3O. The third-order valence-corrected chi connectivity index (χ3v) is 3.37. The fraction of sp³-hybridized carbons (Fsp3) is 0.538. The van der Waals surface area contributed by atoms with Crippen molar-refractivity contribution in [2.75, 3.05) is 6.54 Å². The Labute approximate surface area is 106 Å². The number of likely N-dealkylation sites (tertiary alicyclic amines) is 1. The molecule has 1 aliphatic rings. The van der Waals surface area contributed by atoms with Gasteiger partial charge in [-0.1, -0.05) is 0 Å². The van der Waals surface area contributed by atoms with Gasteiger partial charge >= 0.3 is 0 Å². The molecule has 1 aromatic rings. The smallest absolute Gasteiger partial charge is 0.255 e. The number of nitrogens with two attached hydrogens (primary N) is 1. The van der Waals surface area contributed by atoms with Crippen molar-refractivity contribution in [3.8, 4) is 0 Å². The molecule has 0 aromatic carbocycles. The first-order chi connectivity index (χ1) is 8.59. The zero-order valence-corrected chi connectivity index (χ0v) is 10.5. The van der Waals surface area contributed by atoms with Crippen LogP contribution in [0.2, 0.25) is 0 Å². The average molecular weight is 251 g/mol. The minimum atomic E-state index is -0.491. The highest BCUT2D eigenvalue weighted by Gasteiger charge is 2.29. The first-order valence-corrected chi connectivity index (χ1v) is 6.26. The van der Waals surface area contributed by atoms with Crippen LogP contribution in [0.3, 0.4) is 0 Å². The number of amides is 1. The summed E-state index contributed by atoms with van der Waals surface area (Å²) >= 11 is 0. The number of hydrogen-bond acceptors (Lipinski definition) is 3. The van der Waals surface area contributed by atoms with Gasteiger partial charge in [-0.15, -0.1) is 0 Å². The highest BCUT2D eigenvalue weighted by atomic mass is 19.1. The fourth-order valence-corrected chi connectivity index (χ4v) is 2.45. The van der Waals surface area contributed by atoms with E-state index in [-0.39, 0.29) is 18.0 Å². The lowest BCUT2D eigenvalue weighted by atomic mass is 9.96. The van der Waals surface area contributed by atoms with Gasteiger partial charge in [-0.2, -0.15) is 0 Å². The second kappa shape index (κ2) is 5.44. The molecular weight excluding hydrogens is 233 g/mol. The van der Waals surface area contributed by atoms with Crippen molar-refractivity contribution in [1.29, 1.82) is 0 Å². The second-order valence-electron chi connectivity index (χ2n) is 4.81. The number of aromatic nitrogens is 1. The van der Waals surface area contributed by atoms with E-state index >= 15 is 0 Å². The van der Waals surface area contributed by atoms with Gasteiger partial charge in [0.2, 0.25) is 0 Å². The van der Waals surface area contributed by atoms with E-state index in [1.807, 2.05) is 6.92 Å². The van der Waals surface area contributed by atoms with Crippen LogP contribution in [0.25, 0.3) is 0 Å². The summed E-state index contributed by atoms with van der Waals surface area (Å²) in [6.07, 6.45) is 5.45. The van der Waals surface area contributed by atoms with Gasteiger partial charge in [0.1, 0.15) is 5.82 Å². The molecule has 2 heterocycles. The fourth-order valence-electron chi connectivity index (χ4n) is 2.45. The molecule has 98 valence electrons. The van der Waals surface area contributed by atoms with Gasteiger partial charge in [-0.25, -0.2) is 4.39 Å². The minimum Gasteiger partial charge on any atom is -0.334 e. The van der Waals surface area contributed by atoms with Crippen molar-refractivity contribution in [1.82, 2.24) is 9.88 Å². The van der Waals surface area contributed by atoms with Crippen LogP contribution in [0.15, 0.2) is 18.5 Å². The zero-order valence-electron chi connectivity index (χ0n) is 10.5. The van der Waals surface area contributed by atoms with Crippen LogP contribution < -0.4 is 5.73 Å². The van der Waals surface area contributed by atoms with E-state index < -0.39 is 5.82 Å². The monoisotopic (exact) mass is 251 g/mol. The van der Waals surface area contributed by atoms with Crippen LogP contribution in [-0.4, -0.2) is 34.4 Å². The molecule has 1 saturated heterocycles. The van der Waals surface area contributed by atoms with E-state index in [0.29, 0.717) is 12.1 Å². The first kappa shape index (κ1) is 13.0. The third-order valence-electron chi connectivity index (χ3n) is 3.37. The van der Waals surface area contributed by atoms with E-state index in [1.165, 1.54) is 12.3 Å². The SMILES string of the molecule is CC(N)C1CCCCN1C(=O)c1cncc(F)c1. The molecule has 4 nitrogen and oxygen atoms in total. The molecule has 0 saturated carbocycles. The predicted octanol–water partition coefficient (Wildman–Crippen LogP) is 1.56. The van der Waals surface area contributed by atoms with Crippen molar-refractivity contribution < 1.29 is 9.18 Å². The van der Waals surface area contributed by atoms with Crippen LogP contribution in [-0.2, 0) is 0 Å². The number of nitrogens with zero attached hydrogens (tertiary/aromatic N) is 2. The molecule has 18 heavy (non-hydrogen) atoms. The summed E-state index contributed by atoms with van der Waals surface area (Å²) < 4.78 is 13.1. The largest absolute Gasteiger partial charge is 0.334 e. The van der Waals surface area contributed by atoms with Gasteiger partial charge in [0, 0.05) is 24.8 Å². The van der Waals surface area contributed by atoms with Crippen LogP contribution >= 0.6 is 0 Å². The van der Waals surface area contributed by atoms with Crippen molar-refractivity contribution in [3.05, 3.63) is 29.8 Å². The van der Waals surface area contributed by atoms with Gasteiger partial charge in [0.05, 0.1) is 11.8 Å². The first-order valence-electron chi connectivity index (χ1n) is 6.26. The summed E-state index contributed by atoms with van der Waals surface area (Å²) in [6, 6.07) is 1.19. The Hall–Kier alpha value is -1.49. The highest BCUT2D eigenvalue weighted by Crippen LogP contribution is 2.21. The number of carbonyl (C=O) groups is 1. The Morgan fingerprint density at radius 1 is 1.56 bits per heavy atom. The van der Waals surface area contributed by atoms with Gasteiger partial charge in [0.15, 0.2) is 0 Å². The number of rotatable bonds is 2.